The molecule has 108 valence electrons. The van der Waals surface area contributed by atoms with E-state index in [2.05, 4.69) is 23.3 Å². The summed E-state index contributed by atoms with van der Waals surface area (Å²) < 4.78 is 10.3. The van der Waals surface area contributed by atoms with E-state index in [1.165, 1.54) is 11.1 Å². The lowest BCUT2D eigenvalue weighted by Crippen LogP contribution is -2.18. The average Bonchev–Trinajstić information content (AvgIpc) is 2.96. The summed E-state index contributed by atoms with van der Waals surface area (Å²) in [5.74, 6) is 1.79. The van der Waals surface area contributed by atoms with E-state index in [1.807, 2.05) is 18.3 Å². The number of nitrogens with one attached hydrogen (secondary N) is 1. The summed E-state index contributed by atoms with van der Waals surface area (Å²) in [5, 5.41) is 4.37. The Morgan fingerprint density at radius 2 is 2.35 bits per heavy atom. The van der Waals surface area contributed by atoms with Crippen molar-refractivity contribution in [2.45, 2.75) is 24.2 Å². The molecule has 2 rings (SSSR count). The maximum Gasteiger partial charge on any atom is 0.114 e. The van der Waals surface area contributed by atoms with Crippen molar-refractivity contribution in [2.75, 3.05) is 20.3 Å². The Kier molecular flexibility index (Phi) is 6.11. The van der Waals surface area contributed by atoms with Gasteiger partial charge in [0, 0.05) is 26.4 Å². The maximum absolute atomic E-state index is 5.32. The zero-order chi connectivity index (χ0) is 14.2. The van der Waals surface area contributed by atoms with Gasteiger partial charge >= 0.3 is 0 Å². The Bertz CT molecular complexity index is 515. The third-order valence-corrected chi connectivity index (χ3v) is 3.96. The summed E-state index contributed by atoms with van der Waals surface area (Å²) in [4.78, 5) is 4.53. The molecule has 5 heteroatoms. The van der Waals surface area contributed by atoms with Crippen LogP contribution in [0.15, 0.2) is 40.1 Å². The van der Waals surface area contributed by atoms with E-state index < -0.39 is 0 Å². The molecule has 0 bridgehead atoms. The first-order valence-corrected chi connectivity index (χ1v) is 7.58. The fourth-order valence-corrected chi connectivity index (χ4v) is 2.67. The number of nitrogens with zero attached hydrogens (tertiary/aromatic N) is 1. The van der Waals surface area contributed by atoms with Crippen LogP contribution in [0.4, 0.5) is 0 Å². The SMILES string of the molecule is COCCNCc1cnc(SCc2ccco2)c(C)c1. The maximum atomic E-state index is 5.32. The van der Waals surface area contributed by atoms with Crippen LogP contribution in [0, 0.1) is 6.92 Å². The molecule has 0 fully saturated rings. The normalized spacial score (nSPS) is 10.9. The number of methoxy groups -OCH3 is 1. The van der Waals surface area contributed by atoms with Crippen molar-refractivity contribution >= 4 is 11.8 Å². The van der Waals surface area contributed by atoms with Crippen LogP contribution in [0.1, 0.15) is 16.9 Å². The van der Waals surface area contributed by atoms with Crippen molar-refractivity contribution in [3.05, 3.63) is 47.5 Å². The topological polar surface area (TPSA) is 47.3 Å². The van der Waals surface area contributed by atoms with Gasteiger partial charge in [0.05, 0.1) is 23.6 Å². The van der Waals surface area contributed by atoms with Crippen LogP contribution in [0.5, 0.6) is 0 Å². The first-order chi connectivity index (χ1) is 9.79. The van der Waals surface area contributed by atoms with E-state index in [9.17, 15) is 0 Å². The molecular weight excluding hydrogens is 272 g/mol. The van der Waals surface area contributed by atoms with Gasteiger partial charge in [-0.15, -0.1) is 0 Å². The molecule has 0 aliphatic rings. The molecule has 0 saturated heterocycles. The Labute approximate surface area is 123 Å². The summed E-state index contributed by atoms with van der Waals surface area (Å²) in [7, 11) is 1.71. The van der Waals surface area contributed by atoms with E-state index in [-0.39, 0.29) is 0 Å². The molecule has 0 atom stereocenters. The minimum atomic E-state index is 0.726. The molecule has 0 radical (unpaired) electrons. The van der Waals surface area contributed by atoms with E-state index >= 15 is 0 Å². The van der Waals surface area contributed by atoms with Gasteiger partial charge in [-0.1, -0.05) is 17.8 Å². The number of ether oxygens (including phenoxy) is 1. The van der Waals surface area contributed by atoms with Gasteiger partial charge in [0.2, 0.25) is 0 Å². The molecule has 4 nitrogen and oxygen atoms in total. The molecule has 0 amide bonds. The fourth-order valence-electron chi connectivity index (χ4n) is 1.81. The number of hydrogen-bond donors (Lipinski definition) is 1. The van der Waals surface area contributed by atoms with Crippen LogP contribution >= 0.6 is 11.8 Å². The van der Waals surface area contributed by atoms with Crippen molar-refractivity contribution in [2.24, 2.45) is 0 Å². The number of furan rings is 1. The smallest absolute Gasteiger partial charge is 0.114 e. The molecule has 1 N–H and O–H groups in total. The summed E-state index contributed by atoms with van der Waals surface area (Å²) in [6.45, 7) is 4.49. The van der Waals surface area contributed by atoms with Gasteiger partial charge in [0.1, 0.15) is 5.76 Å². The van der Waals surface area contributed by atoms with Crippen molar-refractivity contribution in [3.8, 4) is 0 Å². The van der Waals surface area contributed by atoms with Crippen molar-refractivity contribution in [1.29, 1.82) is 0 Å². The lowest BCUT2D eigenvalue weighted by atomic mass is 10.2. The third-order valence-electron chi connectivity index (χ3n) is 2.83. The minimum Gasteiger partial charge on any atom is -0.468 e. The van der Waals surface area contributed by atoms with E-state index in [0.29, 0.717) is 0 Å². The van der Waals surface area contributed by atoms with Crippen molar-refractivity contribution in [1.82, 2.24) is 10.3 Å². The lowest BCUT2D eigenvalue weighted by Gasteiger charge is -2.08. The first-order valence-electron chi connectivity index (χ1n) is 6.60. The standard InChI is InChI=1S/C15H20N2O2S/c1-12-8-13(9-16-5-7-18-2)10-17-15(12)20-11-14-4-3-6-19-14/h3-4,6,8,10,16H,5,7,9,11H2,1-2H3. The predicted octanol–water partition coefficient (Wildman–Crippen LogP) is 3.01. The van der Waals surface area contributed by atoms with Crippen LogP contribution in [0.3, 0.4) is 0 Å². The Morgan fingerprint density at radius 1 is 1.45 bits per heavy atom. The monoisotopic (exact) mass is 292 g/mol. The highest BCUT2D eigenvalue weighted by atomic mass is 32.2. The van der Waals surface area contributed by atoms with Gasteiger partial charge < -0.3 is 14.5 Å². The van der Waals surface area contributed by atoms with Gasteiger partial charge in [-0.25, -0.2) is 4.98 Å². The molecular formula is C15H20N2O2S. The number of thioether (sulfide) groups is 1. The third kappa shape index (κ3) is 4.67. The lowest BCUT2D eigenvalue weighted by molar-refractivity contribution is 0.199. The summed E-state index contributed by atoms with van der Waals surface area (Å²) >= 11 is 1.70. The van der Waals surface area contributed by atoms with Crippen LogP contribution < -0.4 is 5.32 Å². The number of rotatable bonds is 8. The van der Waals surface area contributed by atoms with Gasteiger partial charge in [0.15, 0.2) is 0 Å². The zero-order valence-electron chi connectivity index (χ0n) is 11.9. The van der Waals surface area contributed by atoms with Gasteiger partial charge in [0.25, 0.3) is 0 Å². The predicted molar refractivity (Wildman–Crippen MR) is 80.8 cm³/mol. The molecule has 0 unspecified atom stereocenters. The van der Waals surface area contributed by atoms with E-state index in [1.54, 1.807) is 25.1 Å². The molecule has 0 spiro atoms. The molecule has 2 heterocycles. The Hall–Kier alpha value is -1.30. The van der Waals surface area contributed by atoms with Gasteiger partial charge in [-0.2, -0.15) is 0 Å². The summed E-state index contributed by atoms with van der Waals surface area (Å²) in [5.41, 5.74) is 2.40. The quantitative estimate of drug-likeness (QED) is 0.598. The van der Waals surface area contributed by atoms with Crippen LogP contribution in [-0.4, -0.2) is 25.2 Å². The highest BCUT2D eigenvalue weighted by Gasteiger charge is 2.04. The highest BCUT2D eigenvalue weighted by molar-refractivity contribution is 7.98. The minimum absolute atomic E-state index is 0.726. The van der Waals surface area contributed by atoms with Crippen molar-refractivity contribution in [3.63, 3.8) is 0 Å². The fraction of sp³-hybridized carbons (Fsp3) is 0.400. The molecule has 20 heavy (non-hydrogen) atoms. The van der Waals surface area contributed by atoms with Gasteiger partial charge in [-0.05, 0) is 30.2 Å². The summed E-state index contributed by atoms with van der Waals surface area (Å²) in [6, 6.07) is 6.07. The number of aromatic nitrogens is 1. The molecule has 0 saturated carbocycles. The Balaban J connectivity index is 1.85. The Morgan fingerprint density at radius 3 is 3.05 bits per heavy atom. The number of pyridine rings is 1. The van der Waals surface area contributed by atoms with Crippen molar-refractivity contribution < 1.29 is 9.15 Å². The molecule has 0 aliphatic heterocycles. The molecule has 2 aromatic rings. The van der Waals surface area contributed by atoms with Crippen LogP contribution in [0.25, 0.3) is 0 Å². The second-order valence-corrected chi connectivity index (χ2v) is 5.47. The van der Waals surface area contributed by atoms with Crippen LogP contribution in [-0.2, 0) is 17.0 Å². The van der Waals surface area contributed by atoms with E-state index in [0.717, 1.165) is 36.2 Å². The highest BCUT2D eigenvalue weighted by Crippen LogP contribution is 2.24. The molecule has 2 aromatic heterocycles. The first kappa shape index (κ1) is 15.1. The number of hydrogen-bond acceptors (Lipinski definition) is 5. The zero-order valence-corrected chi connectivity index (χ0v) is 12.7. The molecule has 0 aliphatic carbocycles. The second-order valence-electron chi connectivity index (χ2n) is 4.50. The largest absolute Gasteiger partial charge is 0.468 e. The summed E-state index contributed by atoms with van der Waals surface area (Å²) in [6.07, 6.45) is 3.63. The molecule has 0 aromatic carbocycles. The van der Waals surface area contributed by atoms with E-state index in [4.69, 9.17) is 9.15 Å². The number of aryl methyl sites for hydroxylation is 1. The van der Waals surface area contributed by atoms with Gasteiger partial charge in [-0.3, -0.25) is 0 Å². The second kappa shape index (κ2) is 8.09. The van der Waals surface area contributed by atoms with Crippen LogP contribution in [0.2, 0.25) is 0 Å². The average molecular weight is 292 g/mol.